The van der Waals surface area contributed by atoms with E-state index in [1.807, 2.05) is 31.2 Å². The first-order valence-electron chi connectivity index (χ1n) is 6.94. The molecule has 0 saturated carbocycles. The summed E-state index contributed by atoms with van der Waals surface area (Å²) in [7, 11) is 0. The van der Waals surface area contributed by atoms with Crippen molar-refractivity contribution < 1.29 is 9.53 Å². The molecule has 7 heteroatoms. The summed E-state index contributed by atoms with van der Waals surface area (Å²) < 4.78 is 5.12. The summed E-state index contributed by atoms with van der Waals surface area (Å²) in [6.07, 6.45) is -0.529. The maximum absolute atomic E-state index is 11.5. The minimum atomic E-state index is -0.545. The lowest BCUT2D eigenvalue weighted by Crippen LogP contribution is -2.32. The first-order valence-corrected chi connectivity index (χ1v) is 6.94. The average molecular weight is 301 g/mol. The van der Waals surface area contributed by atoms with Crippen LogP contribution < -0.4 is 5.32 Å². The summed E-state index contributed by atoms with van der Waals surface area (Å²) in [5.74, 6) is 0.766. The highest BCUT2D eigenvalue weighted by molar-refractivity contribution is 5.67. The zero-order valence-corrected chi connectivity index (χ0v) is 13.1. The summed E-state index contributed by atoms with van der Waals surface area (Å²) >= 11 is 0. The number of hydrogen-bond acceptors (Lipinski definition) is 6. The van der Waals surface area contributed by atoms with E-state index >= 15 is 0 Å². The molecule has 1 heterocycles. The third kappa shape index (κ3) is 4.76. The fourth-order valence-corrected chi connectivity index (χ4v) is 1.60. The molecular weight excluding hydrogens is 282 g/mol. The number of aromatic nitrogens is 4. The highest BCUT2D eigenvalue weighted by Gasteiger charge is 2.16. The molecule has 0 saturated heterocycles. The molecule has 0 atom stereocenters. The van der Waals surface area contributed by atoms with Gasteiger partial charge in [0, 0.05) is 5.56 Å². The maximum Gasteiger partial charge on any atom is 0.408 e. The summed E-state index contributed by atoms with van der Waals surface area (Å²) in [6.45, 7) is 7.50. The molecule has 116 valence electrons. The van der Waals surface area contributed by atoms with E-state index in [9.17, 15) is 4.79 Å². The van der Waals surface area contributed by atoms with Gasteiger partial charge in [0.05, 0.1) is 6.54 Å². The summed E-state index contributed by atoms with van der Waals surface area (Å²) in [5, 5.41) is 18.5. The largest absolute Gasteiger partial charge is 0.444 e. The number of rotatable bonds is 3. The van der Waals surface area contributed by atoms with Crippen LogP contribution in [0.4, 0.5) is 4.79 Å². The first kappa shape index (κ1) is 15.8. The Labute approximate surface area is 129 Å². The van der Waals surface area contributed by atoms with Gasteiger partial charge < -0.3 is 10.1 Å². The van der Waals surface area contributed by atoms with Crippen LogP contribution in [0.5, 0.6) is 0 Å². The molecular formula is C15H19N5O2. The van der Waals surface area contributed by atoms with Crippen molar-refractivity contribution >= 4 is 6.09 Å². The van der Waals surface area contributed by atoms with E-state index in [1.165, 1.54) is 0 Å². The molecule has 1 N–H and O–H groups in total. The third-order valence-electron chi connectivity index (χ3n) is 2.62. The number of nitrogens with zero attached hydrogens (tertiary/aromatic N) is 4. The lowest BCUT2D eigenvalue weighted by molar-refractivity contribution is 0.0522. The van der Waals surface area contributed by atoms with E-state index in [0.29, 0.717) is 11.6 Å². The summed E-state index contributed by atoms with van der Waals surface area (Å²) in [4.78, 5) is 11.5. The van der Waals surface area contributed by atoms with Crippen molar-refractivity contribution in [2.75, 3.05) is 0 Å². The van der Waals surface area contributed by atoms with Crippen LogP contribution in [0.2, 0.25) is 0 Å². The van der Waals surface area contributed by atoms with Crippen molar-refractivity contribution in [1.82, 2.24) is 25.7 Å². The standard InChI is InChI=1S/C15H19N5O2/c1-10-5-7-11(8-6-10)13-19-17-12(18-20-13)9-16-14(21)22-15(2,3)4/h5-8H,9H2,1-4H3,(H,16,21). The summed E-state index contributed by atoms with van der Waals surface area (Å²) in [6, 6.07) is 7.76. The Bertz CT molecular complexity index is 632. The number of nitrogens with one attached hydrogen (secondary N) is 1. The minimum Gasteiger partial charge on any atom is -0.444 e. The fraction of sp³-hybridized carbons (Fsp3) is 0.400. The minimum absolute atomic E-state index is 0.114. The normalized spacial score (nSPS) is 11.1. The van der Waals surface area contributed by atoms with Gasteiger partial charge in [-0.15, -0.1) is 20.4 Å². The van der Waals surface area contributed by atoms with Crippen LogP contribution in [0, 0.1) is 6.92 Å². The van der Waals surface area contributed by atoms with Gasteiger partial charge in [0.25, 0.3) is 0 Å². The number of aryl methyl sites for hydroxylation is 1. The van der Waals surface area contributed by atoms with E-state index in [4.69, 9.17) is 4.74 Å². The number of hydrogen-bond donors (Lipinski definition) is 1. The molecule has 0 aliphatic rings. The number of carbonyl (C=O) groups excluding carboxylic acids is 1. The molecule has 2 rings (SSSR count). The molecule has 22 heavy (non-hydrogen) atoms. The van der Waals surface area contributed by atoms with Gasteiger partial charge in [-0.1, -0.05) is 29.8 Å². The molecule has 0 unspecified atom stereocenters. The van der Waals surface area contributed by atoms with Gasteiger partial charge in [0.2, 0.25) is 5.82 Å². The fourth-order valence-electron chi connectivity index (χ4n) is 1.60. The number of amides is 1. The maximum atomic E-state index is 11.5. The molecule has 0 aliphatic heterocycles. The summed E-state index contributed by atoms with van der Waals surface area (Å²) in [5.41, 5.74) is 1.46. The second kappa shape index (κ2) is 6.46. The molecule has 0 fully saturated rings. The number of carbonyl (C=O) groups is 1. The molecule has 0 radical (unpaired) electrons. The van der Waals surface area contributed by atoms with Crippen LogP contribution in [-0.4, -0.2) is 32.1 Å². The number of benzene rings is 1. The van der Waals surface area contributed by atoms with E-state index in [0.717, 1.165) is 11.1 Å². The van der Waals surface area contributed by atoms with Crippen LogP contribution in [0.15, 0.2) is 24.3 Å². The van der Waals surface area contributed by atoms with Gasteiger partial charge in [-0.25, -0.2) is 4.79 Å². The molecule has 7 nitrogen and oxygen atoms in total. The van der Waals surface area contributed by atoms with Gasteiger partial charge in [-0.2, -0.15) is 0 Å². The van der Waals surface area contributed by atoms with E-state index in [2.05, 4.69) is 25.7 Å². The Morgan fingerprint density at radius 3 is 2.23 bits per heavy atom. The lowest BCUT2D eigenvalue weighted by atomic mass is 10.1. The molecule has 1 aromatic carbocycles. The highest BCUT2D eigenvalue weighted by atomic mass is 16.6. The molecule has 0 aliphatic carbocycles. The second-order valence-electron chi connectivity index (χ2n) is 5.86. The predicted molar refractivity (Wildman–Crippen MR) is 80.9 cm³/mol. The van der Waals surface area contributed by atoms with E-state index < -0.39 is 11.7 Å². The zero-order chi connectivity index (χ0) is 16.2. The van der Waals surface area contributed by atoms with Crippen LogP contribution in [0.25, 0.3) is 11.4 Å². The van der Waals surface area contributed by atoms with Gasteiger partial charge >= 0.3 is 6.09 Å². The lowest BCUT2D eigenvalue weighted by Gasteiger charge is -2.19. The molecule has 2 aromatic rings. The Kier molecular flexibility index (Phi) is 4.65. The van der Waals surface area contributed by atoms with Crippen LogP contribution in [-0.2, 0) is 11.3 Å². The van der Waals surface area contributed by atoms with Gasteiger partial charge in [0.1, 0.15) is 5.60 Å². The van der Waals surface area contributed by atoms with Crippen LogP contribution in [0.3, 0.4) is 0 Å². The number of ether oxygens (including phenoxy) is 1. The second-order valence-corrected chi connectivity index (χ2v) is 5.86. The van der Waals surface area contributed by atoms with E-state index in [1.54, 1.807) is 20.8 Å². The van der Waals surface area contributed by atoms with Crippen molar-refractivity contribution in [1.29, 1.82) is 0 Å². The van der Waals surface area contributed by atoms with Crippen molar-refractivity contribution in [3.05, 3.63) is 35.7 Å². The zero-order valence-electron chi connectivity index (χ0n) is 13.1. The highest BCUT2D eigenvalue weighted by Crippen LogP contribution is 2.13. The van der Waals surface area contributed by atoms with E-state index in [-0.39, 0.29) is 6.54 Å². The molecule has 0 spiro atoms. The quantitative estimate of drug-likeness (QED) is 0.935. The van der Waals surface area contributed by atoms with Gasteiger partial charge in [0.15, 0.2) is 5.82 Å². The Morgan fingerprint density at radius 1 is 1.09 bits per heavy atom. The van der Waals surface area contributed by atoms with Gasteiger partial charge in [-0.3, -0.25) is 0 Å². The Morgan fingerprint density at radius 2 is 1.68 bits per heavy atom. The monoisotopic (exact) mass is 301 g/mol. The molecule has 0 bridgehead atoms. The SMILES string of the molecule is Cc1ccc(-c2nnc(CNC(=O)OC(C)(C)C)nn2)cc1. The first-order chi connectivity index (χ1) is 10.3. The van der Waals surface area contributed by atoms with Crippen molar-refractivity contribution in [3.63, 3.8) is 0 Å². The van der Waals surface area contributed by atoms with Crippen molar-refractivity contribution in [3.8, 4) is 11.4 Å². The molecule has 1 aromatic heterocycles. The topological polar surface area (TPSA) is 89.9 Å². The van der Waals surface area contributed by atoms with Crippen molar-refractivity contribution in [2.24, 2.45) is 0 Å². The van der Waals surface area contributed by atoms with Crippen molar-refractivity contribution in [2.45, 2.75) is 39.8 Å². The van der Waals surface area contributed by atoms with Gasteiger partial charge in [-0.05, 0) is 27.7 Å². The third-order valence-corrected chi connectivity index (χ3v) is 2.62. The number of alkyl carbamates (subject to hydrolysis) is 1. The smallest absolute Gasteiger partial charge is 0.408 e. The Balaban J connectivity index is 1.95. The van der Waals surface area contributed by atoms with Crippen LogP contribution >= 0.6 is 0 Å². The predicted octanol–water partition coefficient (Wildman–Crippen LogP) is 2.27. The molecule has 1 amide bonds. The Hall–Kier alpha value is -2.57. The average Bonchev–Trinajstić information content (AvgIpc) is 2.45. The van der Waals surface area contributed by atoms with Crippen LogP contribution in [0.1, 0.15) is 32.2 Å².